The van der Waals surface area contributed by atoms with E-state index in [-0.39, 0.29) is 34.6 Å². The van der Waals surface area contributed by atoms with Crippen LogP contribution in [0.25, 0.3) is 0 Å². The SMILES string of the molecule is BrB(Br)Br.COC(=O)c1cc(Cl)c(Cl)c(OC)c1.O=C(O)c1cc(O)c(Cl)c(Cl)c1. The van der Waals surface area contributed by atoms with E-state index in [0.717, 1.165) is 6.07 Å². The second kappa shape index (κ2) is 14.7. The van der Waals surface area contributed by atoms with Crippen molar-refractivity contribution in [1.29, 1.82) is 0 Å². The van der Waals surface area contributed by atoms with Gasteiger partial charge in [0.15, 0.2) is 0 Å². The van der Waals surface area contributed by atoms with E-state index in [4.69, 9.17) is 61.4 Å². The number of carbonyl (C=O) groups is 2. The van der Waals surface area contributed by atoms with Crippen LogP contribution >= 0.6 is 93.7 Å². The molecule has 30 heavy (non-hydrogen) atoms. The fourth-order valence-electron chi connectivity index (χ4n) is 1.65. The molecule has 2 aromatic carbocycles. The van der Waals surface area contributed by atoms with Crippen LogP contribution in [-0.4, -0.2) is 39.6 Å². The van der Waals surface area contributed by atoms with Crippen LogP contribution in [0, 0.1) is 0 Å². The number of carboxylic acid groups (broad SMARTS) is 1. The van der Waals surface area contributed by atoms with Crippen LogP contribution in [0.3, 0.4) is 0 Å². The van der Waals surface area contributed by atoms with Crippen LogP contribution in [0.15, 0.2) is 24.3 Å². The lowest BCUT2D eigenvalue weighted by Gasteiger charge is -2.06. The van der Waals surface area contributed by atoms with Crippen LogP contribution in [-0.2, 0) is 4.74 Å². The molecule has 2 rings (SSSR count). The molecule has 0 saturated heterocycles. The molecule has 0 radical (unpaired) electrons. The molecule has 0 bridgehead atoms. The number of hydrogen-bond donors (Lipinski definition) is 2. The first-order chi connectivity index (χ1) is 13.8. The first kappa shape index (κ1) is 29.6. The quantitative estimate of drug-likeness (QED) is 0.259. The van der Waals surface area contributed by atoms with Gasteiger partial charge in [0.25, 0.3) is 0 Å². The molecule has 164 valence electrons. The number of rotatable bonds is 3. The molecule has 0 atom stereocenters. The predicted molar refractivity (Wildman–Crippen MR) is 132 cm³/mol. The average Bonchev–Trinajstić information content (AvgIpc) is 2.67. The summed E-state index contributed by atoms with van der Waals surface area (Å²) in [5.74, 6) is -1.63. The summed E-state index contributed by atoms with van der Waals surface area (Å²) in [6.45, 7) is 0. The van der Waals surface area contributed by atoms with Gasteiger partial charge in [0.2, 0.25) is 0 Å². The molecule has 2 aromatic rings. The van der Waals surface area contributed by atoms with Crippen LogP contribution < -0.4 is 4.74 Å². The van der Waals surface area contributed by atoms with Gasteiger partial charge in [-0.25, -0.2) is 9.59 Å². The summed E-state index contributed by atoms with van der Waals surface area (Å²) in [5.41, 5.74) is 0.209. The number of carbonyl (C=O) groups excluding carboxylic acids is 1. The zero-order valence-electron chi connectivity index (χ0n) is 15.1. The highest BCUT2D eigenvalue weighted by Crippen LogP contribution is 2.33. The maximum Gasteiger partial charge on any atom is 0.369 e. The summed E-state index contributed by atoms with van der Waals surface area (Å²) in [6.07, 6.45) is 0. The van der Waals surface area contributed by atoms with Crippen molar-refractivity contribution in [1.82, 2.24) is 0 Å². The summed E-state index contributed by atoms with van der Waals surface area (Å²) >= 11 is 31.9. The third kappa shape index (κ3) is 10.3. The molecule has 0 aliphatic heterocycles. The molecule has 0 amide bonds. The fourth-order valence-corrected chi connectivity index (χ4v) is 2.37. The number of carboxylic acids is 1. The second-order valence-corrected chi connectivity index (χ2v) is 12.8. The third-order valence-corrected chi connectivity index (χ3v) is 4.47. The van der Waals surface area contributed by atoms with E-state index < -0.39 is 11.9 Å². The summed E-state index contributed by atoms with van der Waals surface area (Å²) in [5, 5.41) is 18.1. The van der Waals surface area contributed by atoms with Crippen molar-refractivity contribution >= 4 is 109 Å². The lowest BCUT2D eigenvalue weighted by molar-refractivity contribution is 0.0599. The van der Waals surface area contributed by atoms with Crippen LogP contribution in [0.4, 0.5) is 0 Å². The third-order valence-electron chi connectivity index (χ3n) is 2.89. The number of methoxy groups -OCH3 is 2. The Hall–Kier alpha value is -0.355. The fraction of sp³-hybridized carbons (Fsp3) is 0.125. The number of phenolic OH excluding ortho intramolecular Hbond substituents is 1. The molecule has 2 N–H and O–H groups in total. The largest absolute Gasteiger partial charge is 0.506 e. The van der Waals surface area contributed by atoms with E-state index in [2.05, 4.69) is 52.0 Å². The number of aromatic carboxylic acids is 1. The van der Waals surface area contributed by atoms with Gasteiger partial charge in [0, 0.05) is 0 Å². The smallest absolute Gasteiger partial charge is 0.369 e. The Labute approximate surface area is 217 Å². The molecule has 0 heterocycles. The van der Waals surface area contributed by atoms with Gasteiger partial charge >= 0.3 is 15.1 Å². The monoisotopic (exact) mass is 688 g/mol. The van der Waals surface area contributed by atoms with Gasteiger partial charge in [0.05, 0.1) is 35.4 Å². The molecular formula is C16H12BBr3Cl4O6. The van der Waals surface area contributed by atoms with Gasteiger partial charge in [0.1, 0.15) is 21.5 Å². The number of aromatic hydroxyl groups is 1. The van der Waals surface area contributed by atoms with Crippen molar-refractivity contribution in [3.05, 3.63) is 55.5 Å². The minimum Gasteiger partial charge on any atom is -0.506 e. The van der Waals surface area contributed by atoms with Gasteiger partial charge < -0.3 is 19.7 Å². The Bertz CT molecular complexity index is 876. The highest BCUT2D eigenvalue weighted by Gasteiger charge is 2.13. The number of benzene rings is 2. The molecule has 6 nitrogen and oxygen atoms in total. The molecule has 0 fully saturated rings. The number of ether oxygens (including phenoxy) is 2. The van der Waals surface area contributed by atoms with Gasteiger partial charge in [-0.15, -0.1) is 47.3 Å². The number of hydrogen-bond acceptors (Lipinski definition) is 5. The first-order valence-corrected chi connectivity index (χ1v) is 11.6. The van der Waals surface area contributed by atoms with Gasteiger partial charge in [-0.1, -0.05) is 46.4 Å². The Morgan fingerprint density at radius 2 is 1.37 bits per heavy atom. The van der Waals surface area contributed by atoms with Crippen molar-refractivity contribution in [3.63, 3.8) is 0 Å². The highest BCUT2D eigenvalue weighted by atomic mass is 79.9. The summed E-state index contributed by atoms with van der Waals surface area (Å²) in [7, 11) is 2.73. The van der Waals surface area contributed by atoms with E-state index in [9.17, 15) is 9.59 Å². The maximum atomic E-state index is 11.2. The lowest BCUT2D eigenvalue weighted by atomic mass is 10.2. The van der Waals surface area contributed by atoms with E-state index in [1.54, 1.807) is 0 Å². The number of esters is 1. The molecule has 14 heteroatoms. The van der Waals surface area contributed by atoms with E-state index in [1.807, 2.05) is 0 Å². The Morgan fingerprint density at radius 3 is 1.77 bits per heavy atom. The van der Waals surface area contributed by atoms with Crippen LogP contribution in [0.5, 0.6) is 11.5 Å². The van der Waals surface area contributed by atoms with Gasteiger partial charge in [-0.2, -0.15) is 0 Å². The van der Waals surface area contributed by atoms with Gasteiger partial charge in [-0.05, 0) is 24.3 Å². The zero-order chi connectivity index (χ0) is 23.6. The lowest BCUT2D eigenvalue weighted by Crippen LogP contribution is -2.01. The number of halogens is 7. The van der Waals surface area contributed by atoms with E-state index in [0.29, 0.717) is 11.3 Å². The van der Waals surface area contributed by atoms with Crippen LogP contribution in [0.1, 0.15) is 20.7 Å². The maximum absolute atomic E-state index is 11.2. The molecule has 0 aliphatic carbocycles. The molecule has 0 aromatic heterocycles. The summed E-state index contributed by atoms with van der Waals surface area (Å²) < 4.78 is 9.74. The molecule has 0 spiro atoms. The van der Waals surface area contributed by atoms with Crippen molar-refractivity contribution in [2.75, 3.05) is 14.2 Å². The van der Waals surface area contributed by atoms with Crippen molar-refractivity contribution in [3.8, 4) is 11.5 Å². The van der Waals surface area contributed by atoms with Crippen molar-refractivity contribution < 1.29 is 29.3 Å². The van der Waals surface area contributed by atoms with Crippen molar-refractivity contribution in [2.45, 2.75) is 0 Å². The second-order valence-electron chi connectivity index (χ2n) is 4.81. The topological polar surface area (TPSA) is 93.1 Å². The standard InChI is InChI=1S/C9H8Cl2O3.C7H4Cl2O3.BBr3/c1-13-7-4-5(9(12)14-2)3-6(10)8(7)11;8-4-1-3(7(11)12)2-5(10)6(4)9;2-1(3)4/h3-4H,1-2H3;1-2,10H,(H,11,12);. The molecule has 0 aliphatic rings. The van der Waals surface area contributed by atoms with E-state index in [1.165, 1.54) is 32.4 Å². The van der Waals surface area contributed by atoms with Crippen molar-refractivity contribution in [2.24, 2.45) is 0 Å². The normalized spacial score (nSPS) is 9.37. The number of phenols is 1. The minimum absolute atomic E-state index is 0.0223. The summed E-state index contributed by atoms with van der Waals surface area (Å²) in [6, 6.07) is 5.11. The van der Waals surface area contributed by atoms with Gasteiger partial charge in [-0.3, -0.25) is 0 Å². The average molecular weight is 693 g/mol. The first-order valence-electron chi connectivity index (χ1n) is 7.30. The summed E-state index contributed by atoms with van der Waals surface area (Å²) in [4.78, 5) is 21.6. The highest BCUT2D eigenvalue weighted by molar-refractivity contribution is 9.69. The molecule has 0 unspecified atom stereocenters. The van der Waals surface area contributed by atoms with E-state index >= 15 is 0 Å². The molecule has 0 saturated carbocycles. The molecular weight excluding hydrogens is 681 g/mol. The Kier molecular flexibility index (Phi) is 14.5. The Balaban J connectivity index is 0.000000481. The zero-order valence-corrected chi connectivity index (χ0v) is 22.8. The predicted octanol–water partition coefficient (Wildman–Crippen LogP) is 7.34. The Morgan fingerprint density at radius 1 is 0.900 bits per heavy atom. The minimum atomic E-state index is -1.16. The van der Waals surface area contributed by atoms with Crippen LogP contribution in [0.2, 0.25) is 20.1 Å².